The minimum absolute atomic E-state index is 0.0530. The monoisotopic (exact) mass is 504 g/mol. The molecule has 3 aromatic rings. The first-order valence-corrected chi connectivity index (χ1v) is 13.6. The van der Waals surface area contributed by atoms with Crippen LogP contribution in [0.5, 0.6) is 5.75 Å². The zero-order chi connectivity index (χ0) is 25.6. The number of nitrogens with zero attached hydrogens (tertiary/aromatic N) is 2. The predicted molar refractivity (Wildman–Crippen MR) is 145 cm³/mol. The van der Waals surface area contributed by atoms with Crippen molar-refractivity contribution in [3.05, 3.63) is 65.6 Å². The highest BCUT2D eigenvalue weighted by molar-refractivity contribution is 5.92. The van der Waals surface area contributed by atoms with Gasteiger partial charge in [-0.3, -0.25) is 9.89 Å². The number of fused-ring (bicyclic) bond motifs is 1. The van der Waals surface area contributed by atoms with Gasteiger partial charge >= 0.3 is 0 Å². The van der Waals surface area contributed by atoms with Crippen molar-refractivity contribution >= 4 is 22.9 Å². The van der Waals surface area contributed by atoms with Gasteiger partial charge in [0.2, 0.25) is 5.91 Å². The number of aromatic amines is 1. The van der Waals surface area contributed by atoms with E-state index in [2.05, 4.69) is 20.4 Å². The molecular formula is C30H37FN4O2. The molecule has 2 N–H and O–H groups in total. The Morgan fingerprint density at radius 2 is 1.92 bits per heavy atom. The van der Waals surface area contributed by atoms with Crippen molar-refractivity contribution in [2.24, 2.45) is 11.8 Å². The van der Waals surface area contributed by atoms with Gasteiger partial charge in [-0.25, -0.2) is 4.39 Å². The minimum Gasteiger partial charge on any atom is -0.496 e. The third-order valence-electron chi connectivity index (χ3n) is 8.19. The van der Waals surface area contributed by atoms with E-state index in [1.54, 1.807) is 13.2 Å². The molecule has 5 rings (SSSR count). The molecule has 2 aromatic carbocycles. The number of carbonyl (C=O) groups excluding carboxylic acids is 1. The number of nitrogens with one attached hydrogen (secondary N) is 2. The molecular weight excluding hydrogens is 467 g/mol. The molecule has 2 atom stereocenters. The molecule has 0 spiro atoms. The normalized spacial score (nSPS) is 21.5. The van der Waals surface area contributed by atoms with Crippen molar-refractivity contribution in [2.45, 2.75) is 44.4 Å². The van der Waals surface area contributed by atoms with Crippen molar-refractivity contribution in [2.75, 3.05) is 33.3 Å². The summed E-state index contributed by atoms with van der Waals surface area (Å²) in [6.45, 7) is 3.94. The van der Waals surface area contributed by atoms with Crippen LogP contribution in [0.2, 0.25) is 0 Å². The Bertz CT molecular complexity index is 1230. The van der Waals surface area contributed by atoms with Gasteiger partial charge in [0.15, 0.2) is 0 Å². The summed E-state index contributed by atoms with van der Waals surface area (Å²) in [5.74, 6) is 2.02. The van der Waals surface area contributed by atoms with Crippen LogP contribution < -0.4 is 10.1 Å². The van der Waals surface area contributed by atoms with Crippen molar-refractivity contribution < 1.29 is 13.9 Å². The molecule has 1 aliphatic heterocycles. The average molecular weight is 505 g/mol. The van der Waals surface area contributed by atoms with E-state index < -0.39 is 0 Å². The molecule has 2 fully saturated rings. The minimum atomic E-state index is -0.244. The van der Waals surface area contributed by atoms with E-state index in [9.17, 15) is 9.18 Å². The Balaban J connectivity index is 1.12. The molecule has 1 aromatic heterocycles. The number of piperidine rings is 1. The maximum atomic E-state index is 13.5. The zero-order valence-corrected chi connectivity index (χ0v) is 21.6. The Hall–Kier alpha value is -3.19. The molecule has 1 aliphatic carbocycles. The van der Waals surface area contributed by atoms with Gasteiger partial charge in [-0.05, 0) is 74.9 Å². The number of carbonyl (C=O) groups is 1. The molecule has 1 saturated heterocycles. The Labute approximate surface area is 218 Å². The van der Waals surface area contributed by atoms with Crippen LogP contribution in [0.25, 0.3) is 17.0 Å². The number of hydrogen-bond donors (Lipinski definition) is 2. The second-order valence-corrected chi connectivity index (χ2v) is 10.5. The number of H-pyrrole nitrogens is 1. The van der Waals surface area contributed by atoms with Crippen LogP contribution >= 0.6 is 0 Å². The van der Waals surface area contributed by atoms with Crippen molar-refractivity contribution in [3.8, 4) is 5.75 Å². The van der Waals surface area contributed by atoms with Crippen LogP contribution in [0.3, 0.4) is 0 Å². The molecule has 0 unspecified atom stereocenters. The number of aromatic nitrogens is 2. The van der Waals surface area contributed by atoms with E-state index in [0.717, 1.165) is 61.4 Å². The standard InChI is InChI=1S/C30H37FN4O2/c1-37-28-9-5-4-6-21(28)10-13-29(36)32-19-23-7-2-3-8-24(23)20-35-16-14-22(15-17-35)30-26-12-11-25(31)18-27(26)33-34-30/h4-6,9-13,18,22-24H,2-3,7-8,14-17,19-20H2,1H3,(H,32,36)(H,33,34)/t23-,24-/m0/s1. The fraction of sp³-hybridized carbons (Fsp3) is 0.467. The number of hydrogen-bond acceptors (Lipinski definition) is 4. The van der Waals surface area contributed by atoms with Crippen LogP contribution in [0.4, 0.5) is 4.39 Å². The lowest BCUT2D eigenvalue weighted by Crippen LogP contribution is -2.42. The van der Waals surface area contributed by atoms with Crippen LogP contribution in [0.1, 0.15) is 55.7 Å². The first-order chi connectivity index (χ1) is 18.1. The third-order valence-corrected chi connectivity index (χ3v) is 8.19. The lowest BCUT2D eigenvalue weighted by atomic mass is 9.78. The number of amides is 1. The van der Waals surface area contributed by atoms with Gasteiger partial charge in [-0.1, -0.05) is 31.0 Å². The summed E-state index contributed by atoms with van der Waals surface area (Å²) < 4.78 is 18.9. The van der Waals surface area contributed by atoms with Crippen LogP contribution in [-0.2, 0) is 4.79 Å². The molecule has 0 bridgehead atoms. The molecule has 37 heavy (non-hydrogen) atoms. The predicted octanol–water partition coefficient (Wildman–Crippen LogP) is 5.53. The molecule has 1 saturated carbocycles. The molecule has 6 nitrogen and oxygen atoms in total. The van der Waals surface area contributed by atoms with E-state index in [0.29, 0.717) is 23.3 Å². The second-order valence-electron chi connectivity index (χ2n) is 10.5. The number of likely N-dealkylation sites (tertiary alicyclic amines) is 1. The number of para-hydroxylation sites is 1. The first kappa shape index (κ1) is 25.5. The van der Waals surface area contributed by atoms with Crippen LogP contribution in [0.15, 0.2) is 48.5 Å². The topological polar surface area (TPSA) is 70.2 Å². The summed E-state index contributed by atoms with van der Waals surface area (Å²) in [4.78, 5) is 15.1. The van der Waals surface area contributed by atoms with Crippen molar-refractivity contribution in [3.63, 3.8) is 0 Å². The Morgan fingerprint density at radius 3 is 2.73 bits per heavy atom. The fourth-order valence-electron chi connectivity index (χ4n) is 6.11. The molecule has 2 aliphatic rings. The lowest BCUT2D eigenvalue weighted by Gasteiger charge is -2.38. The summed E-state index contributed by atoms with van der Waals surface area (Å²) in [6, 6.07) is 12.6. The highest BCUT2D eigenvalue weighted by Crippen LogP contribution is 2.34. The Kier molecular flexibility index (Phi) is 8.19. The lowest BCUT2D eigenvalue weighted by molar-refractivity contribution is -0.116. The summed E-state index contributed by atoms with van der Waals surface area (Å²) in [6.07, 6.45) is 10.5. The zero-order valence-electron chi connectivity index (χ0n) is 21.6. The summed E-state index contributed by atoms with van der Waals surface area (Å²) in [5.41, 5.74) is 2.76. The van der Waals surface area contributed by atoms with Gasteiger partial charge in [0.05, 0.1) is 12.6 Å². The largest absolute Gasteiger partial charge is 0.496 e. The average Bonchev–Trinajstić information content (AvgIpc) is 3.35. The van der Waals surface area contributed by atoms with Gasteiger partial charge in [0.25, 0.3) is 0 Å². The van der Waals surface area contributed by atoms with Crippen molar-refractivity contribution in [1.82, 2.24) is 20.4 Å². The molecule has 2 heterocycles. The summed E-state index contributed by atoms with van der Waals surface area (Å²) in [5, 5.41) is 11.7. The van der Waals surface area contributed by atoms with Gasteiger partial charge in [-0.2, -0.15) is 5.10 Å². The fourth-order valence-corrected chi connectivity index (χ4v) is 6.11. The van der Waals surface area contributed by atoms with E-state index >= 15 is 0 Å². The van der Waals surface area contributed by atoms with Gasteiger partial charge < -0.3 is 15.0 Å². The van der Waals surface area contributed by atoms with Crippen LogP contribution in [0, 0.1) is 17.7 Å². The number of methoxy groups -OCH3 is 1. The maximum Gasteiger partial charge on any atom is 0.244 e. The quantitative estimate of drug-likeness (QED) is 0.396. The molecule has 7 heteroatoms. The van der Waals surface area contributed by atoms with E-state index in [-0.39, 0.29) is 11.7 Å². The van der Waals surface area contributed by atoms with Gasteiger partial charge in [0.1, 0.15) is 11.6 Å². The highest BCUT2D eigenvalue weighted by atomic mass is 19.1. The smallest absolute Gasteiger partial charge is 0.244 e. The summed E-state index contributed by atoms with van der Waals surface area (Å²) >= 11 is 0. The highest BCUT2D eigenvalue weighted by Gasteiger charge is 2.30. The number of rotatable bonds is 8. The number of ether oxygens (including phenoxy) is 1. The molecule has 196 valence electrons. The molecule has 1 amide bonds. The Morgan fingerprint density at radius 1 is 1.14 bits per heavy atom. The number of benzene rings is 2. The SMILES string of the molecule is COc1ccccc1C=CC(=O)NC[C@@H]1CCCC[C@H]1CN1CCC(c2[nH]nc3cc(F)ccc23)CC1. The maximum absolute atomic E-state index is 13.5. The van der Waals surface area contributed by atoms with E-state index in [4.69, 9.17) is 4.74 Å². The van der Waals surface area contributed by atoms with Crippen LogP contribution in [-0.4, -0.2) is 54.3 Å². The van der Waals surface area contributed by atoms with Gasteiger partial charge in [-0.15, -0.1) is 0 Å². The molecule has 0 radical (unpaired) electrons. The third kappa shape index (κ3) is 6.21. The van der Waals surface area contributed by atoms with E-state index in [1.165, 1.54) is 37.8 Å². The number of halogens is 1. The van der Waals surface area contributed by atoms with Crippen molar-refractivity contribution in [1.29, 1.82) is 0 Å². The van der Waals surface area contributed by atoms with Gasteiger partial charge in [0, 0.05) is 47.8 Å². The first-order valence-electron chi connectivity index (χ1n) is 13.6. The second kappa shape index (κ2) is 11.9. The summed E-state index contributed by atoms with van der Waals surface area (Å²) in [7, 11) is 1.64. The van der Waals surface area contributed by atoms with E-state index in [1.807, 2.05) is 36.4 Å².